The molecule has 0 bridgehead atoms. The summed E-state index contributed by atoms with van der Waals surface area (Å²) in [5.74, 6) is -1.39. The van der Waals surface area contributed by atoms with Crippen LogP contribution >= 0.6 is 0 Å². The smallest absolute Gasteiger partial charge is 0.322 e. The quantitative estimate of drug-likeness (QED) is 0.887. The molecule has 0 saturated heterocycles. The molecule has 0 atom stereocenters. The summed E-state index contributed by atoms with van der Waals surface area (Å²) in [5.41, 5.74) is 3.66. The van der Waals surface area contributed by atoms with Gasteiger partial charge in [0.1, 0.15) is 12.2 Å². The van der Waals surface area contributed by atoms with Crippen molar-refractivity contribution in [1.29, 1.82) is 0 Å². The Bertz CT molecular complexity index is 701. The molecule has 0 saturated carbocycles. The van der Waals surface area contributed by atoms with Crippen molar-refractivity contribution in [2.45, 2.75) is 33.7 Å². The van der Waals surface area contributed by atoms with Crippen LogP contribution in [0.15, 0.2) is 18.2 Å². The molecule has 21 heavy (non-hydrogen) atoms. The van der Waals surface area contributed by atoms with E-state index in [0.29, 0.717) is 12.2 Å². The number of carbonyl (C=O) groups is 2. The second-order valence-electron chi connectivity index (χ2n) is 5.00. The molecule has 0 unspecified atom stereocenters. The van der Waals surface area contributed by atoms with Crippen molar-refractivity contribution < 1.29 is 14.7 Å². The number of aryl methyl sites for hydroxylation is 3. The summed E-state index contributed by atoms with van der Waals surface area (Å²) in [6.45, 7) is 6.26. The van der Waals surface area contributed by atoms with Gasteiger partial charge in [0, 0.05) is 17.4 Å². The molecule has 1 heterocycles. The number of aliphatic carboxylic acids is 1. The molecule has 0 aliphatic rings. The van der Waals surface area contributed by atoms with E-state index in [0.717, 1.165) is 22.9 Å². The highest BCUT2D eigenvalue weighted by Gasteiger charge is 2.19. The second kappa shape index (κ2) is 5.99. The Morgan fingerprint density at radius 3 is 2.57 bits per heavy atom. The van der Waals surface area contributed by atoms with Gasteiger partial charge in [0.15, 0.2) is 0 Å². The lowest BCUT2D eigenvalue weighted by Gasteiger charge is -2.08. The van der Waals surface area contributed by atoms with Crippen molar-refractivity contribution in [3.05, 3.63) is 35.0 Å². The van der Waals surface area contributed by atoms with Crippen molar-refractivity contribution >= 4 is 22.8 Å². The van der Waals surface area contributed by atoms with Gasteiger partial charge in [0.05, 0.1) is 0 Å². The molecule has 1 amide bonds. The first kappa shape index (κ1) is 15.1. The number of benzene rings is 1. The monoisotopic (exact) mass is 288 g/mol. The zero-order valence-electron chi connectivity index (χ0n) is 12.6. The summed E-state index contributed by atoms with van der Waals surface area (Å²) in [6, 6.07) is 6.19. The van der Waals surface area contributed by atoms with Crippen molar-refractivity contribution in [3.8, 4) is 0 Å². The molecule has 1 aromatic heterocycles. The van der Waals surface area contributed by atoms with E-state index in [2.05, 4.69) is 24.4 Å². The maximum Gasteiger partial charge on any atom is 0.322 e. The lowest BCUT2D eigenvalue weighted by molar-refractivity contribution is -0.135. The van der Waals surface area contributed by atoms with Gasteiger partial charge in [0.25, 0.3) is 5.91 Å². The fraction of sp³-hybridized carbons (Fsp3) is 0.375. The topological polar surface area (TPSA) is 71.3 Å². The first-order chi connectivity index (χ1) is 9.99. The summed E-state index contributed by atoms with van der Waals surface area (Å²) < 4.78 is 1.93. The number of nitrogens with one attached hydrogen (secondary N) is 1. The van der Waals surface area contributed by atoms with Crippen molar-refractivity contribution in [2.24, 2.45) is 0 Å². The Kier molecular flexibility index (Phi) is 4.31. The number of carboxylic acids is 1. The Labute approximate surface area is 123 Å². The van der Waals surface area contributed by atoms with Crippen LogP contribution in [0.3, 0.4) is 0 Å². The second-order valence-corrected chi connectivity index (χ2v) is 5.00. The molecule has 2 N–H and O–H groups in total. The average Bonchev–Trinajstić information content (AvgIpc) is 2.76. The van der Waals surface area contributed by atoms with E-state index >= 15 is 0 Å². The molecule has 1 aromatic carbocycles. The van der Waals surface area contributed by atoms with Gasteiger partial charge >= 0.3 is 5.97 Å². The highest BCUT2D eigenvalue weighted by atomic mass is 16.4. The van der Waals surface area contributed by atoms with Gasteiger partial charge in [-0.15, -0.1) is 0 Å². The maximum atomic E-state index is 12.3. The zero-order chi connectivity index (χ0) is 15.6. The maximum absolute atomic E-state index is 12.3. The molecular formula is C16H20N2O3. The van der Waals surface area contributed by atoms with E-state index in [-0.39, 0.29) is 12.5 Å². The highest BCUT2D eigenvalue weighted by Crippen LogP contribution is 2.27. The van der Waals surface area contributed by atoms with E-state index in [1.54, 1.807) is 0 Å². The van der Waals surface area contributed by atoms with Crippen LogP contribution in [0.2, 0.25) is 0 Å². The van der Waals surface area contributed by atoms with Crippen LogP contribution < -0.4 is 5.32 Å². The van der Waals surface area contributed by atoms with Crippen LogP contribution in [0.1, 0.15) is 35.5 Å². The van der Waals surface area contributed by atoms with Gasteiger partial charge in [-0.05, 0) is 43.5 Å². The standard InChI is InChI=1S/C16H20N2O3/c1-4-11-6-7-13-12(8-11)10(3)15(18(13)5-2)16(21)17-9-14(19)20/h6-8H,4-5,9H2,1-3H3,(H,17,21)(H,19,20). The molecule has 5 heteroatoms. The molecule has 2 aromatic rings. The number of hydrogen-bond acceptors (Lipinski definition) is 2. The number of fused-ring (bicyclic) bond motifs is 1. The molecular weight excluding hydrogens is 268 g/mol. The van der Waals surface area contributed by atoms with Crippen molar-refractivity contribution in [1.82, 2.24) is 9.88 Å². The van der Waals surface area contributed by atoms with Gasteiger partial charge in [-0.25, -0.2) is 0 Å². The number of rotatable bonds is 5. The van der Waals surface area contributed by atoms with Crippen LogP contribution in [-0.2, 0) is 17.8 Å². The van der Waals surface area contributed by atoms with Gasteiger partial charge in [0.2, 0.25) is 0 Å². The molecule has 0 spiro atoms. The molecule has 5 nitrogen and oxygen atoms in total. The minimum Gasteiger partial charge on any atom is -0.480 e. The lowest BCUT2D eigenvalue weighted by Crippen LogP contribution is -2.31. The van der Waals surface area contributed by atoms with E-state index in [1.165, 1.54) is 5.56 Å². The minimum absolute atomic E-state index is 0.342. The van der Waals surface area contributed by atoms with Crippen LogP contribution in [0.5, 0.6) is 0 Å². The first-order valence-corrected chi connectivity index (χ1v) is 7.11. The summed E-state index contributed by atoms with van der Waals surface area (Å²) in [5, 5.41) is 12.2. The number of aromatic nitrogens is 1. The Hall–Kier alpha value is -2.30. The summed E-state index contributed by atoms with van der Waals surface area (Å²) >= 11 is 0. The number of nitrogens with zero attached hydrogens (tertiary/aromatic N) is 1. The molecule has 112 valence electrons. The first-order valence-electron chi connectivity index (χ1n) is 7.11. The zero-order valence-corrected chi connectivity index (χ0v) is 12.6. The van der Waals surface area contributed by atoms with Crippen molar-refractivity contribution in [3.63, 3.8) is 0 Å². The predicted octanol–water partition coefficient (Wildman–Crippen LogP) is 2.35. The number of hydrogen-bond donors (Lipinski definition) is 2. The Morgan fingerprint density at radius 2 is 2.00 bits per heavy atom. The molecule has 0 aliphatic carbocycles. The van der Waals surface area contributed by atoms with Gasteiger partial charge in [-0.2, -0.15) is 0 Å². The fourth-order valence-corrected chi connectivity index (χ4v) is 2.65. The molecule has 0 fully saturated rings. The summed E-state index contributed by atoms with van der Waals surface area (Å²) in [4.78, 5) is 22.9. The largest absolute Gasteiger partial charge is 0.480 e. The number of carboxylic acid groups (broad SMARTS) is 1. The van der Waals surface area contributed by atoms with E-state index in [1.807, 2.05) is 24.5 Å². The summed E-state index contributed by atoms with van der Waals surface area (Å²) in [7, 11) is 0. The Morgan fingerprint density at radius 1 is 1.29 bits per heavy atom. The fourth-order valence-electron chi connectivity index (χ4n) is 2.65. The average molecular weight is 288 g/mol. The third kappa shape index (κ3) is 2.77. The molecule has 0 radical (unpaired) electrons. The van der Waals surface area contributed by atoms with E-state index < -0.39 is 5.97 Å². The normalized spacial score (nSPS) is 10.8. The molecule has 0 aliphatic heterocycles. The molecule has 2 rings (SSSR count). The van der Waals surface area contributed by atoms with Gasteiger partial charge in [-0.1, -0.05) is 13.0 Å². The van der Waals surface area contributed by atoms with Crippen LogP contribution in [0, 0.1) is 6.92 Å². The van der Waals surface area contributed by atoms with Crippen LogP contribution in [0.25, 0.3) is 10.9 Å². The van der Waals surface area contributed by atoms with E-state index in [9.17, 15) is 9.59 Å². The van der Waals surface area contributed by atoms with Crippen LogP contribution in [0.4, 0.5) is 0 Å². The minimum atomic E-state index is -1.05. The predicted molar refractivity (Wildman–Crippen MR) is 81.7 cm³/mol. The Balaban J connectivity index is 2.54. The SMILES string of the molecule is CCc1ccc2c(c1)c(C)c(C(=O)NCC(=O)O)n2CC. The number of amides is 1. The number of carbonyl (C=O) groups excluding carboxylic acids is 1. The van der Waals surface area contributed by atoms with Crippen molar-refractivity contribution in [2.75, 3.05) is 6.54 Å². The lowest BCUT2D eigenvalue weighted by atomic mass is 10.1. The third-order valence-electron chi connectivity index (χ3n) is 3.72. The van der Waals surface area contributed by atoms with Gasteiger partial charge in [-0.3, -0.25) is 9.59 Å². The van der Waals surface area contributed by atoms with E-state index in [4.69, 9.17) is 5.11 Å². The summed E-state index contributed by atoms with van der Waals surface area (Å²) in [6.07, 6.45) is 0.938. The van der Waals surface area contributed by atoms with Gasteiger partial charge < -0.3 is 15.0 Å². The van der Waals surface area contributed by atoms with Crippen LogP contribution in [-0.4, -0.2) is 28.1 Å². The third-order valence-corrected chi connectivity index (χ3v) is 3.72. The highest BCUT2D eigenvalue weighted by molar-refractivity contribution is 6.02.